The zero-order valence-corrected chi connectivity index (χ0v) is 22.2. The minimum absolute atomic E-state index is 0.0318. The highest BCUT2D eigenvalue weighted by Crippen LogP contribution is 2.29. The fourth-order valence-corrected chi connectivity index (χ4v) is 5.54. The summed E-state index contributed by atoms with van der Waals surface area (Å²) < 4.78 is 0. The second-order valence-electron chi connectivity index (χ2n) is 10.7. The van der Waals surface area contributed by atoms with E-state index in [1.165, 1.54) is 6.42 Å². The van der Waals surface area contributed by atoms with Crippen LogP contribution in [0.2, 0.25) is 0 Å². The molecule has 194 valence electrons. The summed E-state index contributed by atoms with van der Waals surface area (Å²) in [6.45, 7) is 10.8. The van der Waals surface area contributed by atoms with Crippen LogP contribution in [0.3, 0.4) is 0 Å². The minimum Gasteiger partial charge on any atom is -0.478 e. The standard InChI is InChI=1S/C27H47N3O4/c1-7-20(5)30-16-12-11-15-22(30)25(31)28-24(21-13-9-8-10-14-21)26(32)29(6)23(18(2)3)17-19(4)27(33)34/h17-18,20-24H,7-16H2,1-6H3,(H,28,31)(H,33,34)/t20?,22-,23-,24+/m1/s1. The highest BCUT2D eigenvalue weighted by molar-refractivity contribution is 5.90. The van der Waals surface area contributed by atoms with Gasteiger partial charge in [-0.15, -0.1) is 0 Å². The molecule has 2 aliphatic rings. The molecular formula is C27H47N3O4. The van der Waals surface area contributed by atoms with Crippen molar-refractivity contribution in [3.05, 3.63) is 11.6 Å². The molecule has 0 radical (unpaired) electrons. The molecule has 0 bridgehead atoms. The molecule has 7 heteroatoms. The Balaban J connectivity index is 2.29. The predicted octanol–water partition coefficient (Wildman–Crippen LogP) is 4.22. The van der Waals surface area contributed by atoms with Crippen molar-refractivity contribution in [3.8, 4) is 0 Å². The zero-order valence-electron chi connectivity index (χ0n) is 22.2. The number of nitrogens with zero attached hydrogens (tertiary/aromatic N) is 2. The second kappa shape index (κ2) is 13.3. The van der Waals surface area contributed by atoms with E-state index in [0.717, 1.165) is 57.9 Å². The summed E-state index contributed by atoms with van der Waals surface area (Å²) in [4.78, 5) is 42.8. The molecule has 4 atom stereocenters. The second-order valence-corrected chi connectivity index (χ2v) is 10.7. The van der Waals surface area contributed by atoms with Gasteiger partial charge in [0.1, 0.15) is 6.04 Å². The molecule has 0 aromatic carbocycles. The smallest absolute Gasteiger partial charge is 0.331 e. The van der Waals surface area contributed by atoms with Crippen molar-refractivity contribution in [2.45, 2.75) is 117 Å². The number of amides is 2. The maximum atomic E-state index is 13.9. The van der Waals surface area contributed by atoms with E-state index >= 15 is 0 Å². The van der Waals surface area contributed by atoms with Gasteiger partial charge in [-0.3, -0.25) is 14.5 Å². The van der Waals surface area contributed by atoms with Crippen LogP contribution in [-0.4, -0.2) is 70.4 Å². The summed E-state index contributed by atoms with van der Waals surface area (Å²) in [6.07, 6.45) is 10.8. The van der Waals surface area contributed by atoms with Crippen LogP contribution in [0.1, 0.15) is 92.4 Å². The number of carbonyl (C=O) groups is 3. The first kappa shape index (κ1) is 28.3. The molecule has 2 N–H and O–H groups in total. The Morgan fingerprint density at radius 1 is 1.06 bits per heavy atom. The van der Waals surface area contributed by atoms with Crippen LogP contribution in [0.15, 0.2) is 11.6 Å². The van der Waals surface area contributed by atoms with E-state index in [9.17, 15) is 19.5 Å². The number of piperidine rings is 1. The van der Waals surface area contributed by atoms with Crippen LogP contribution in [-0.2, 0) is 14.4 Å². The van der Waals surface area contributed by atoms with E-state index in [4.69, 9.17) is 0 Å². The Morgan fingerprint density at radius 2 is 1.68 bits per heavy atom. The fourth-order valence-electron chi connectivity index (χ4n) is 5.54. The SMILES string of the molecule is CCC(C)N1CCCC[C@@H]1C(=O)N[C@H](C(=O)N(C)[C@H](C=C(C)C(=O)O)C(C)C)C1CCCCC1. The first-order valence-electron chi connectivity index (χ1n) is 13.3. The fraction of sp³-hybridized carbons (Fsp3) is 0.815. The lowest BCUT2D eigenvalue weighted by Crippen LogP contribution is -2.59. The summed E-state index contributed by atoms with van der Waals surface area (Å²) in [5.41, 5.74) is 0.225. The van der Waals surface area contributed by atoms with Gasteiger partial charge in [-0.1, -0.05) is 52.5 Å². The van der Waals surface area contributed by atoms with Gasteiger partial charge >= 0.3 is 5.97 Å². The molecule has 0 spiro atoms. The van der Waals surface area contributed by atoms with E-state index < -0.39 is 12.0 Å². The third-order valence-corrected chi connectivity index (χ3v) is 7.92. The Bertz CT molecular complexity index is 729. The lowest BCUT2D eigenvalue weighted by molar-refractivity contribution is -0.141. The zero-order chi connectivity index (χ0) is 25.4. The largest absolute Gasteiger partial charge is 0.478 e. The van der Waals surface area contributed by atoms with E-state index in [1.807, 2.05) is 13.8 Å². The number of carbonyl (C=O) groups excluding carboxylic acids is 2. The van der Waals surface area contributed by atoms with Crippen molar-refractivity contribution in [2.75, 3.05) is 13.6 Å². The molecule has 1 saturated heterocycles. The molecule has 7 nitrogen and oxygen atoms in total. The van der Waals surface area contributed by atoms with Gasteiger partial charge in [0.05, 0.1) is 12.1 Å². The van der Waals surface area contributed by atoms with Gasteiger partial charge in [-0.2, -0.15) is 0 Å². The first-order valence-corrected chi connectivity index (χ1v) is 13.3. The van der Waals surface area contributed by atoms with Gasteiger partial charge in [-0.25, -0.2) is 4.79 Å². The Labute approximate surface area is 206 Å². The Hall–Kier alpha value is -1.89. The van der Waals surface area contributed by atoms with Gasteiger partial charge in [0.15, 0.2) is 0 Å². The number of nitrogens with one attached hydrogen (secondary N) is 1. The third-order valence-electron chi connectivity index (χ3n) is 7.92. The number of aliphatic carboxylic acids is 1. The average molecular weight is 478 g/mol. The van der Waals surface area contributed by atoms with Crippen molar-refractivity contribution >= 4 is 17.8 Å². The molecule has 0 aromatic rings. The van der Waals surface area contributed by atoms with Crippen LogP contribution in [0.25, 0.3) is 0 Å². The van der Waals surface area contributed by atoms with Crippen molar-refractivity contribution < 1.29 is 19.5 Å². The number of likely N-dealkylation sites (tertiary alicyclic amines) is 1. The van der Waals surface area contributed by atoms with Gasteiger partial charge in [-0.05, 0) is 64.3 Å². The Morgan fingerprint density at radius 3 is 2.24 bits per heavy atom. The number of hydrogen-bond acceptors (Lipinski definition) is 4. The van der Waals surface area contributed by atoms with Gasteiger partial charge in [0.2, 0.25) is 11.8 Å². The number of hydrogen-bond donors (Lipinski definition) is 2. The molecule has 2 rings (SSSR count). The maximum absolute atomic E-state index is 13.9. The lowest BCUT2D eigenvalue weighted by atomic mass is 9.82. The molecule has 2 amide bonds. The normalized spacial score (nSPS) is 23.3. The lowest BCUT2D eigenvalue weighted by Gasteiger charge is -2.41. The number of carboxylic acid groups (broad SMARTS) is 1. The van der Waals surface area contributed by atoms with E-state index in [0.29, 0.717) is 6.04 Å². The highest BCUT2D eigenvalue weighted by Gasteiger charge is 2.38. The molecule has 34 heavy (non-hydrogen) atoms. The van der Waals surface area contributed by atoms with Crippen molar-refractivity contribution in [3.63, 3.8) is 0 Å². The first-order chi connectivity index (χ1) is 16.1. The van der Waals surface area contributed by atoms with Crippen LogP contribution in [0.5, 0.6) is 0 Å². The highest BCUT2D eigenvalue weighted by atomic mass is 16.4. The number of carboxylic acids is 1. The Kier molecular flexibility index (Phi) is 11.1. The van der Waals surface area contributed by atoms with Crippen molar-refractivity contribution in [1.29, 1.82) is 0 Å². The molecular weight excluding hydrogens is 430 g/mol. The number of likely N-dealkylation sites (N-methyl/N-ethyl adjacent to an activating group) is 1. The summed E-state index contributed by atoms with van der Waals surface area (Å²) >= 11 is 0. The molecule has 1 saturated carbocycles. The summed E-state index contributed by atoms with van der Waals surface area (Å²) in [5, 5.41) is 12.6. The summed E-state index contributed by atoms with van der Waals surface area (Å²) in [5.74, 6) is -0.961. The third kappa shape index (κ3) is 7.30. The van der Waals surface area contributed by atoms with Crippen molar-refractivity contribution in [2.24, 2.45) is 11.8 Å². The van der Waals surface area contributed by atoms with Crippen LogP contribution in [0, 0.1) is 11.8 Å². The summed E-state index contributed by atoms with van der Waals surface area (Å²) in [7, 11) is 1.74. The van der Waals surface area contributed by atoms with Crippen LogP contribution in [0.4, 0.5) is 0 Å². The monoisotopic (exact) mass is 477 g/mol. The maximum Gasteiger partial charge on any atom is 0.331 e. The molecule has 1 aliphatic carbocycles. The quantitative estimate of drug-likeness (QED) is 0.460. The van der Waals surface area contributed by atoms with Gasteiger partial charge in [0.25, 0.3) is 0 Å². The van der Waals surface area contributed by atoms with Gasteiger partial charge in [0, 0.05) is 18.7 Å². The predicted molar refractivity (Wildman–Crippen MR) is 135 cm³/mol. The van der Waals surface area contributed by atoms with Crippen LogP contribution < -0.4 is 5.32 Å². The topological polar surface area (TPSA) is 90.0 Å². The van der Waals surface area contributed by atoms with E-state index in [1.54, 1.807) is 24.9 Å². The van der Waals surface area contributed by atoms with Crippen molar-refractivity contribution in [1.82, 2.24) is 15.1 Å². The van der Waals surface area contributed by atoms with E-state index in [2.05, 4.69) is 24.1 Å². The van der Waals surface area contributed by atoms with Crippen LogP contribution >= 0.6 is 0 Å². The molecule has 1 heterocycles. The van der Waals surface area contributed by atoms with Gasteiger partial charge < -0.3 is 15.3 Å². The number of rotatable bonds is 10. The summed E-state index contributed by atoms with van der Waals surface area (Å²) in [6, 6.07) is -0.781. The average Bonchev–Trinajstić information content (AvgIpc) is 2.84. The minimum atomic E-state index is -0.980. The molecule has 0 aromatic heterocycles. The molecule has 2 fully saturated rings. The molecule has 1 aliphatic heterocycles. The molecule has 1 unspecified atom stereocenters. The van der Waals surface area contributed by atoms with E-state index in [-0.39, 0.29) is 41.3 Å².